The zero-order chi connectivity index (χ0) is 15.2. The molecule has 0 bridgehead atoms. The highest BCUT2D eigenvalue weighted by molar-refractivity contribution is 6.33. The fraction of sp³-hybridized carbons (Fsp3) is 0.385. The second kappa shape index (κ2) is 4.70. The van der Waals surface area contributed by atoms with Crippen molar-refractivity contribution in [3.8, 4) is 5.82 Å². The van der Waals surface area contributed by atoms with Crippen LogP contribution in [-0.4, -0.2) is 29.7 Å². The lowest BCUT2D eigenvalue weighted by Crippen LogP contribution is -2.10. The minimum absolute atomic E-state index is 0.0598. The van der Waals surface area contributed by atoms with Crippen molar-refractivity contribution in [2.75, 3.05) is 5.73 Å². The minimum atomic E-state index is 0.0598. The Morgan fingerprint density at radius 2 is 2.05 bits per heavy atom. The fourth-order valence-corrected chi connectivity index (χ4v) is 2.33. The molecule has 3 N–H and O–H groups in total. The van der Waals surface area contributed by atoms with Gasteiger partial charge in [0, 0.05) is 0 Å². The van der Waals surface area contributed by atoms with Crippen LogP contribution in [0.15, 0.2) is 12.7 Å². The number of hydrogen-bond acceptors (Lipinski definition) is 5. The highest BCUT2D eigenvalue weighted by Gasteiger charge is 2.22. The maximum Gasteiger partial charge on any atom is 0.184 e. The number of aromatic amines is 1. The number of anilines is 1. The number of nitrogens with zero attached hydrogens (tertiary/aromatic N) is 5. The van der Waals surface area contributed by atoms with E-state index in [0.29, 0.717) is 27.8 Å². The van der Waals surface area contributed by atoms with Crippen LogP contribution in [-0.2, 0) is 6.42 Å². The molecule has 3 rings (SSSR count). The van der Waals surface area contributed by atoms with Gasteiger partial charge in [-0.1, -0.05) is 32.4 Å². The van der Waals surface area contributed by atoms with E-state index in [9.17, 15) is 0 Å². The smallest absolute Gasteiger partial charge is 0.184 e. The average molecular weight is 306 g/mol. The Morgan fingerprint density at radius 1 is 1.29 bits per heavy atom. The number of imidazole rings is 1. The molecule has 0 radical (unpaired) electrons. The molecule has 0 aliphatic rings. The predicted octanol–water partition coefficient (Wildman–Crippen LogP) is 2.36. The van der Waals surface area contributed by atoms with E-state index in [-0.39, 0.29) is 5.41 Å². The van der Waals surface area contributed by atoms with Crippen LogP contribution in [0.4, 0.5) is 5.82 Å². The summed E-state index contributed by atoms with van der Waals surface area (Å²) in [5, 5.41) is 4.99. The Balaban J connectivity index is 2.15. The van der Waals surface area contributed by atoms with Crippen molar-refractivity contribution in [2.24, 2.45) is 5.41 Å². The summed E-state index contributed by atoms with van der Waals surface area (Å²) in [5.41, 5.74) is 8.14. The van der Waals surface area contributed by atoms with Crippen LogP contribution in [0, 0.1) is 5.41 Å². The van der Waals surface area contributed by atoms with Gasteiger partial charge in [-0.15, -0.1) is 0 Å². The second-order valence-corrected chi connectivity index (χ2v) is 6.47. The van der Waals surface area contributed by atoms with Crippen molar-refractivity contribution in [3.05, 3.63) is 23.4 Å². The van der Waals surface area contributed by atoms with Crippen LogP contribution < -0.4 is 5.73 Å². The van der Waals surface area contributed by atoms with Gasteiger partial charge in [0.1, 0.15) is 22.7 Å². The third kappa shape index (κ3) is 2.44. The first-order valence-corrected chi connectivity index (χ1v) is 6.92. The molecule has 3 heterocycles. The van der Waals surface area contributed by atoms with Crippen LogP contribution in [0.5, 0.6) is 0 Å². The number of rotatable bonds is 2. The van der Waals surface area contributed by atoms with E-state index in [4.69, 9.17) is 17.3 Å². The molecule has 0 aromatic carbocycles. The molecule has 0 spiro atoms. The first kappa shape index (κ1) is 13.8. The number of halogens is 1. The number of nitrogen functional groups attached to an aromatic ring is 1. The van der Waals surface area contributed by atoms with Crippen molar-refractivity contribution in [1.82, 2.24) is 29.7 Å². The van der Waals surface area contributed by atoms with Gasteiger partial charge in [-0.25, -0.2) is 15.0 Å². The van der Waals surface area contributed by atoms with Gasteiger partial charge in [-0.3, -0.25) is 0 Å². The normalized spacial score (nSPS) is 12.2. The summed E-state index contributed by atoms with van der Waals surface area (Å²) in [5.74, 6) is 0.905. The van der Waals surface area contributed by atoms with E-state index >= 15 is 0 Å². The first-order chi connectivity index (χ1) is 9.87. The fourth-order valence-electron chi connectivity index (χ4n) is 2.15. The van der Waals surface area contributed by atoms with Gasteiger partial charge in [-0.2, -0.15) is 9.78 Å². The largest absolute Gasteiger partial charge is 0.382 e. The quantitative estimate of drug-likeness (QED) is 0.757. The molecule has 0 fully saturated rings. The summed E-state index contributed by atoms with van der Waals surface area (Å²) in [6.45, 7) is 6.36. The van der Waals surface area contributed by atoms with Crippen molar-refractivity contribution in [2.45, 2.75) is 27.2 Å². The Kier molecular flexibility index (Phi) is 3.09. The molecular weight excluding hydrogens is 290 g/mol. The van der Waals surface area contributed by atoms with E-state index < -0.39 is 0 Å². The summed E-state index contributed by atoms with van der Waals surface area (Å²) < 4.78 is 1.53. The van der Waals surface area contributed by atoms with Crippen LogP contribution >= 0.6 is 11.6 Å². The third-order valence-electron chi connectivity index (χ3n) is 3.03. The van der Waals surface area contributed by atoms with Crippen LogP contribution in [0.3, 0.4) is 0 Å². The molecule has 0 saturated heterocycles. The van der Waals surface area contributed by atoms with E-state index in [2.05, 4.69) is 45.8 Å². The molecule has 0 aliphatic carbocycles. The SMILES string of the molecule is CC(C)(C)Cc1nn(-c2ncnc3nc[nH]c23)c(N)c1Cl. The zero-order valence-electron chi connectivity index (χ0n) is 12.1. The van der Waals surface area contributed by atoms with Gasteiger partial charge in [-0.05, 0) is 11.8 Å². The molecule has 0 atom stereocenters. The van der Waals surface area contributed by atoms with Crippen LogP contribution in [0.25, 0.3) is 17.0 Å². The first-order valence-electron chi connectivity index (χ1n) is 6.54. The maximum absolute atomic E-state index is 6.32. The lowest BCUT2D eigenvalue weighted by Gasteiger charge is -2.16. The summed E-state index contributed by atoms with van der Waals surface area (Å²) in [7, 11) is 0. The highest BCUT2D eigenvalue weighted by atomic mass is 35.5. The number of aromatic nitrogens is 6. The van der Waals surface area contributed by atoms with E-state index in [0.717, 1.165) is 12.1 Å². The highest BCUT2D eigenvalue weighted by Crippen LogP contribution is 2.31. The molecule has 3 aromatic rings. The number of nitrogens with one attached hydrogen (secondary N) is 1. The summed E-state index contributed by atoms with van der Waals surface area (Å²) in [6, 6.07) is 0. The number of hydrogen-bond donors (Lipinski definition) is 2. The van der Waals surface area contributed by atoms with E-state index in [1.165, 1.54) is 11.0 Å². The molecule has 3 aromatic heterocycles. The Bertz CT molecular complexity index is 797. The molecule has 21 heavy (non-hydrogen) atoms. The monoisotopic (exact) mass is 305 g/mol. The number of fused-ring (bicyclic) bond motifs is 1. The third-order valence-corrected chi connectivity index (χ3v) is 3.44. The van der Waals surface area contributed by atoms with Gasteiger partial charge in [0.25, 0.3) is 0 Å². The summed E-state index contributed by atoms with van der Waals surface area (Å²) >= 11 is 6.32. The van der Waals surface area contributed by atoms with Gasteiger partial charge >= 0.3 is 0 Å². The van der Waals surface area contributed by atoms with Crippen molar-refractivity contribution < 1.29 is 0 Å². The standard InChI is InChI=1S/C13H16ClN7/c1-13(2,3)4-7-8(14)10(15)21(20-7)12-9-11(17-5-16-9)18-6-19-12/h5-6H,4,15H2,1-3H3,(H,16,17,18,19). The predicted molar refractivity (Wildman–Crippen MR) is 81.4 cm³/mol. The van der Waals surface area contributed by atoms with Crippen molar-refractivity contribution >= 4 is 28.6 Å². The maximum atomic E-state index is 6.32. The molecule has 7 nitrogen and oxygen atoms in total. The lowest BCUT2D eigenvalue weighted by atomic mass is 9.91. The molecular formula is C13H16ClN7. The van der Waals surface area contributed by atoms with Gasteiger partial charge in [0.15, 0.2) is 11.5 Å². The van der Waals surface area contributed by atoms with Gasteiger partial charge < -0.3 is 10.7 Å². The topological polar surface area (TPSA) is 98.3 Å². The van der Waals surface area contributed by atoms with Gasteiger partial charge in [0.05, 0.1) is 12.0 Å². The lowest BCUT2D eigenvalue weighted by molar-refractivity contribution is 0.405. The minimum Gasteiger partial charge on any atom is -0.382 e. The Hall–Kier alpha value is -2.15. The molecule has 0 unspecified atom stereocenters. The molecule has 110 valence electrons. The van der Waals surface area contributed by atoms with Crippen molar-refractivity contribution in [1.29, 1.82) is 0 Å². The summed E-state index contributed by atoms with van der Waals surface area (Å²) in [4.78, 5) is 15.4. The number of nitrogens with two attached hydrogens (primary N) is 1. The Morgan fingerprint density at radius 3 is 2.76 bits per heavy atom. The second-order valence-electron chi connectivity index (χ2n) is 6.09. The average Bonchev–Trinajstić information content (AvgIpc) is 2.97. The molecule has 0 amide bonds. The molecule has 8 heteroatoms. The van der Waals surface area contributed by atoms with Crippen molar-refractivity contribution in [3.63, 3.8) is 0 Å². The van der Waals surface area contributed by atoms with E-state index in [1.807, 2.05) is 0 Å². The summed E-state index contributed by atoms with van der Waals surface area (Å²) in [6.07, 6.45) is 3.71. The number of H-pyrrole nitrogens is 1. The van der Waals surface area contributed by atoms with Gasteiger partial charge in [0.2, 0.25) is 0 Å². The zero-order valence-corrected chi connectivity index (χ0v) is 12.8. The molecule has 0 saturated carbocycles. The van der Waals surface area contributed by atoms with Crippen LogP contribution in [0.1, 0.15) is 26.5 Å². The van der Waals surface area contributed by atoms with E-state index in [1.54, 1.807) is 6.33 Å². The van der Waals surface area contributed by atoms with Crippen LogP contribution in [0.2, 0.25) is 5.02 Å². The Labute approximate surface area is 126 Å². The molecule has 0 aliphatic heterocycles.